The third kappa shape index (κ3) is 4.84. The van der Waals surface area contributed by atoms with Crippen LogP contribution in [0.25, 0.3) is 0 Å². The average molecular weight is 252 g/mol. The minimum Gasteiger partial charge on any atom is -0.508 e. The van der Waals surface area contributed by atoms with E-state index in [1.807, 2.05) is 0 Å². The SMILES string of the molecule is COCC(=O)NCCNC(=O)c1cccc(O)c1. The Morgan fingerprint density at radius 1 is 1.28 bits per heavy atom. The highest BCUT2D eigenvalue weighted by Crippen LogP contribution is 2.10. The predicted octanol–water partition coefficient (Wildman–Crippen LogP) is -0.115. The van der Waals surface area contributed by atoms with E-state index in [0.717, 1.165) is 0 Å². The summed E-state index contributed by atoms with van der Waals surface area (Å²) in [6.07, 6.45) is 0. The summed E-state index contributed by atoms with van der Waals surface area (Å²) in [5, 5.41) is 14.4. The van der Waals surface area contributed by atoms with Crippen LogP contribution in [-0.4, -0.2) is 43.7 Å². The molecule has 1 rings (SSSR count). The van der Waals surface area contributed by atoms with Gasteiger partial charge in [0.15, 0.2) is 0 Å². The molecule has 0 aliphatic heterocycles. The number of phenols is 1. The Balaban J connectivity index is 2.27. The fourth-order valence-corrected chi connectivity index (χ4v) is 1.31. The fourth-order valence-electron chi connectivity index (χ4n) is 1.31. The predicted molar refractivity (Wildman–Crippen MR) is 65.3 cm³/mol. The molecule has 0 unspecified atom stereocenters. The van der Waals surface area contributed by atoms with Crippen LogP contribution >= 0.6 is 0 Å². The zero-order valence-corrected chi connectivity index (χ0v) is 10.1. The van der Waals surface area contributed by atoms with Crippen LogP contribution in [0.3, 0.4) is 0 Å². The summed E-state index contributed by atoms with van der Waals surface area (Å²) in [6.45, 7) is 0.636. The number of hydrogen-bond donors (Lipinski definition) is 3. The van der Waals surface area contributed by atoms with Crippen LogP contribution in [0.4, 0.5) is 0 Å². The lowest BCUT2D eigenvalue weighted by atomic mass is 10.2. The molecule has 98 valence electrons. The van der Waals surface area contributed by atoms with E-state index in [-0.39, 0.29) is 24.2 Å². The monoisotopic (exact) mass is 252 g/mol. The largest absolute Gasteiger partial charge is 0.508 e. The van der Waals surface area contributed by atoms with Gasteiger partial charge in [-0.05, 0) is 18.2 Å². The highest BCUT2D eigenvalue weighted by molar-refractivity contribution is 5.94. The second kappa shape index (κ2) is 7.29. The molecule has 0 saturated carbocycles. The number of phenolic OH excluding ortho intramolecular Hbond substituents is 1. The number of nitrogens with one attached hydrogen (secondary N) is 2. The highest BCUT2D eigenvalue weighted by atomic mass is 16.5. The number of ether oxygens (including phenoxy) is 1. The molecular weight excluding hydrogens is 236 g/mol. The lowest BCUT2D eigenvalue weighted by molar-refractivity contribution is -0.124. The van der Waals surface area contributed by atoms with Crippen LogP contribution in [0.15, 0.2) is 24.3 Å². The molecule has 0 aliphatic rings. The van der Waals surface area contributed by atoms with Crippen molar-refractivity contribution < 1.29 is 19.4 Å². The number of carbonyl (C=O) groups excluding carboxylic acids is 2. The quantitative estimate of drug-likeness (QED) is 0.616. The molecule has 18 heavy (non-hydrogen) atoms. The molecule has 6 heteroatoms. The Morgan fingerprint density at radius 2 is 2.00 bits per heavy atom. The van der Waals surface area contributed by atoms with Crippen molar-refractivity contribution >= 4 is 11.8 Å². The van der Waals surface area contributed by atoms with E-state index in [1.165, 1.54) is 19.2 Å². The van der Waals surface area contributed by atoms with Crippen LogP contribution in [0.1, 0.15) is 10.4 Å². The molecule has 0 heterocycles. The molecule has 0 fully saturated rings. The zero-order chi connectivity index (χ0) is 13.4. The molecule has 6 nitrogen and oxygen atoms in total. The number of amides is 2. The topological polar surface area (TPSA) is 87.7 Å². The molecule has 0 saturated heterocycles. The molecule has 3 N–H and O–H groups in total. The van der Waals surface area contributed by atoms with Crippen molar-refractivity contribution in [2.24, 2.45) is 0 Å². The van der Waals surface area contributed by atoms with Gasteiger partial charge >= 0.3 is 0 Å². The number of methoxy groups -OCH3 is 1. The number of rotatable bonds is 6. The van der Waals surface area contributed by atoms with Crippen molar-refractivity contribution in [1.29, 1.82) is 0 Å². The lowest BCUT2D eigenvalue weighted by Gasteiger charge is -2.07. The Kier molecular flexibility index (Phi) is 5.66. The number of aromatic hydroxyl groups is 1. The first-order chi connectivity index (χ1) is 8.63. The van der Waals surface area contributed by atoms with Crippen molar-refractivity contribution in [3.8, 4) is 5.75 Å². The van der Waals surface area contributed by atoms with Crippen molar-refractivity contribution in [2.75, 3.05) is 26.8 Å². The summed E-state index contributed by atoms with van der Waals surface area (Å²) in [6, 6.07) is 6.05. The molecule has 1 aromatic rings. The second-order valence-corrected chi connectivity index (χ2v) is 3.59. The minimum atomic E-state index is -0.299. The smallest absolute Gasteiger partial charge is 0.251 e. The maximum absolute atomic E-state index is 11.6. The maximum Gasteiger partial charge on any atom is 0.251 e. The first kappa shape index (κ1) is 14.0. The van der Waals surface area contributed by atoms with Crippen molar-refractivity contribution in [3.05, 3.63) is 29.8 Å². The van der Waals surface area contributed by atoms with Crippen LogP contribution in [0, 0.1) is 0 Å². The van der Waals surface area contributed by atoms with Crippen LogP contribution in [0.5, 0.6) is 5.75 Å². The van der Waals surface area contributed by atoms with Gasteiger partial charge in [0.25, 0.3) is 5.91 Å². The maximum atomic E-state index is 11.6. The molecule has 0 radical (unpaired) electrons. The number of benzene rings is 1. The fraction of sp³-hybridized carbons (Fsp3) is 0.333. The van der Waals surface area contributed by atoms with Gasteiger partial charge in [-0.1, -0.05) is 6.07 Å². The summed E-state index contributed by atoms with van der Waals surface area (Å²) < 4.78 is 4.64. The summed E-state index contributed by atoms with van der Waals surface area (Å²) in [7, 11) is 1.43. The van der Waals surface area contributed by atoms with E-state index in [0.29, 0.717) is 18.7 Å². The minimum absolute atomic E-state index is 0.000500. The van der Waals surface area contributed by atoms with E-state index in [1.54, 1.807) is 12.1 Å². The van der Waals surface area contributed by atoms with E-state index < -0.39 is 0 Å². The normalized spacial score (nSPS) is 9.83. The Morgan fingerprint density at radius 3 is 2.67 bits per heavy atom. The highest BCUT2D eigenvalue weighted by Gasteiger charge is 2.05. The van der Waals surface area contributed by atoms with Crippen LogP contribution in [-0.2, 0) is 9.53 Å². The van der Waals surface area contributed by atoms with Gasteiger partial charge in [0.2, 0.25) is 5.91 Å². The molecule has 0 atom stereocenters. The molecule has 2 amide bonds. The summed E-state index contributed by atoms with van der Waals surface area (Å²) in [5.41, 5.74) is 0.373. The second-order valence-electron chi connectivity index (χ2n) is 3.59. The van der Waals surface area contributed by atoms with Gasteiger partial charge in [0, 0.05) is 25.8 Å². The first-order valence-corrected chi connectivity index (χ1v) is 5.46. The van der Waals surface area contributed by atoms with Gasteiger partial charge in [0.05, 0.1) is 0 Å². The number of hydrogen-bond acceptors (Lipinski definition) is 4. The summed E-state index contributed by atoms with van der Waals surface area (Å²) >= 11 is 0. The van der Waals surface area contributed by atoms with Crippen LogP contribution < -0.4 is 10.6 Å². The van der Waals surface area contributed by atoms with E-state index in [2.05, 4.69) is 15.4 Å². The van der Waals surface area contributed by atoms with Gasteiger partial charge in [-0.2, -0.15) is 0 Å². The molecule has 0 bridgehead atoms. The van der Waals surface area contributed by atoms with Gasteiger partial charge in [0.1, 0.15) is 12.4 Å². The van der Waals surface area contributed by atoms with Gasteiger partial charge < -0.3 is 20.5 Å². The van der Waals surface area contributed by atoms with Crippen molar-refractivity contribution in [2.45, 2.75) is 0 Å². The lowest BCUT2D eigenvalue weighted by Crippen LogP contribution is -2.36. The summed E-state index contributed by atoms with van der Waals surface area (Å²) in [5.74, 6) is -0.493. The third-order valence-electron chi connectivity index (χ3n) is 2.12. The molecule has 0 spiro atoms. The molecular formula is C12H16N2O4. The van der Waals surface area contributed by atoms with Crippen molar-refractivity contribution in [1.82, 2.24) is 10.6 Å². The molecule has 1 aromatic carbocycles. The third-order valence-corrected chi connectivity index (χ3v) is 2.12. The summed E-state index contributed by atoms with van der Waals surface area (Å²) in [4.78, 5) is 22.6. The van der Waals surface area contributed by atoms with E-state index in [4.69, 9.17) is 0 Å². The van der Waals surface area contributed by atoms with E-state index in [9.17, 15) is 14.7 Å². The Labute approximate surface area is 105 Å². The molecule has 0 aliphatic carbocycles. The van der Waals surface area contributed by atoms with Crippen LogP contribution in [0.2, 0.25) is 0 Å². The van der Waals surface area contributed by atoms with Gasteiger partial charge in [-0.25, -0.2) is 0 Å². The van der Waals surface area contributed by atoms with E-state index >= 15 is 0 Å². The standard InChI is InChI=1S/C12H16N2O4/c1-18-8-11(16)13-5-6-14-12(17)9-3-2-4-10(15)7-9/h2-4,7,15H,5-6,8H2,1H3,(H,13,16)(H,14,17). The molecule has 0 aromatic heterocycles. The van der Waals surface area contributed by atoms with Crippen molar-refractivity contribution in [3.63, 3.8) is 0 Å². The average Bonchev–Trinajstić information content (AvgIpc) is 2.35. The number of carbonyl (C=O) groups is 2. The first-order valence-electron chi connectivity index (χ1n) is 5.46. The van der Waals surface area contributed by atoms with Gasteiger partial charge in [-0.3, -0.25) is 9.59 Å². The Hall–Kier alpha value is -2.08. The zero-order valence-electron chi connectivity index (χ0n) is 10.1. The Bertz CT molecular complexity index is 420. The van der Waals surface area contributed by atoms with Gasteiger partial charge in [-0.15, -0.1) is 0 Å².